The molecule has 2 aliphatic rings. The lowest BCUT2D eigenvalue weighted by molar-refractivity contribution is -0.122. The molecule has 3 heterocycles. The Morgan fingerprint density at radius 1 is 1.33 bits per heavy atom. The molecule has 6 heteroatoms. The molecule has 0 unspecified atom stereocenters. The number of aromatic nitrogens is 2. The Kier molecular flexibility index (Phi) is 2.54. The molecule has 1 aromatic heterocycles. The van der Waals surface area contributed by atoms with E-state index in [0.717, 1.165) is 10.9 Å². The average Bonchev–Trinajstić information content (AvgIpc) is 3.15. The number of para-hydroxylation sites is 1. The van der Waals surface area contributed by atoms with Crippen LogP contribution in [-0.4, -0.2) is 46.1 Å². The van der Waals surface area contributed by atoms with Gasteiger partial charge >= 0.3 is 0 Å². The fourth-order valence-electron chi connectivity index (χ4n) is 3.43. The Morgan fingerprint density at radius 3 is 2.95 bits per heavy atom. The lowest BCUT2D eigenvalue weighted by atomic mass is 10.0. The van der Waals surface area contributed by atoms with Crippen molar-refractivity contribution >= 4 is 22.7 Å². The van der Waals surface area contributed by atoms with Gasteiger partial charge in [-0.3, -0.25) is 14.3 Å². The smallest absolute Gasteiger partial charge is 0.275 e. The highest BCUT2D eigenvalue weighted by Gasteiger charge is 2.44. The van der Waals surface area contributed by atoms with E-state index in [9.17, 15) is 9.59 Å². The number of carbonyl (C=O) groups excluding carboxylic acids is 2. The molecule has 0 saturated carbocycles. The summed E-state index contributed by atoms with van der Waals surface area (Å²) < 4.78 is 1.73. The zero-order chi connectivity index (χ0) is 14.6. The molecule has 2 saturated heterocycles. The minimum atomic E-state index is -0.0750. The van der Waals surface area contributed by atoms with E-state index in [2.05, 4.69) is 10.4 Å². The van der Waals surface area contributed by atoms with Crippen molar-refractivity contribution in [3.63, 3.8) is 0 Å². The fourth-order valence-corrected chi connectivity index (χ4v) is 3.43. The van der Waals surface area contributed by atoms with E-state index in [0.29, 0.717) is 25.3 Å². The molecule has 2 aromatic rings. The zero-order valence-corrected chi connectivity index (χ0v) is 11.7. The number of rotatable bonds is 1. The number of aryl methyl sites for hydroxylation is 1. The van der Waals surface area contributed by atoms with Crippen LogP contribution in [0.2, 0.25) is 0 Å². The van der Waals surface area contributed by atoms with Gasteiger partial charge in [0.1, 0.15) is 0 Å². The molecule has 0 spiro atoms. The predicted octanol–water partition coefficient (Wildman–Crippen LogP) is 0.391. The lowest BCUT2D eigenvalue weighted by Gasteiger charge is -2.16. The van der Waals surface area contributed by atoms with Gasteiger partial charge in [-0.2, -0.15) is 5.10 Å². The van der Waals surface area contributed by atoms with Gasteiger partial charge in [0.25, 0.3) is 5.91 Å². The van der Waals surface area contributed by atoms with Crippen molar-refractivity contribution < 1.29 is 9.59 Å². The van der Waals surface area contributed by atoms with Crippen LogP contribution >= 0.6 is 0 Å². The van der Waals surface area contributed by atoms with Crippen molar-refractivity contribution in [1.82, 2.24) is 20.0 Å². The molecular formula is C15H16N4O2. The average molecular weight is 284 g/mol. The van der Waals surface area contributed by atoms with Crippen LogP contribution in [0.3, 0.4) is 0 Å². The topological polar surface area (TPSA) is 67.2 Å². The number of hydrogen-bond acceptors (Lipinski definition) is 3. The minimum Gasteiger partial charge on any atom is -0.355 e. The predicted molar refractivity (Wildman–Crippen MR) is 76.6 cm³/mol. The van der Waals surface area contributed by atoms with Crippen LogP contribution in [0.25, 0.3) is 10.9 Å². The number of carbonyl (C=O) groups is 2. The molecule has 4 rings (SSSR count). The highest BCUT2D eigenvalue weighted by molar-refractivity contribution is 6.05. The summed E-state index contributed by atoms with van der Waals surface area (Å²) in [5, 5.41) is 8.10. The largest absolute Gasteiger partial charge is 0.355 e. The molecule has 0 aliphatic carbocycles. The van der Waals surface area contributed by atoms with Crippen LogP contribution in [0.4, 0.5) is 0 Å². The number of fused-ring (bicyclic) bond motifs is 2. The van der Waals surface area contributed by atoms with Gasteiger partial charge in [-0.15, -0.1) is 0 Å². The minimum absolute atomic E-state index is 0.0519. The molecule has 108 valence electrons. The third-order valence-corrected chi connectivity index (χ3v) is 4.56. The van der Waals surface area contributed by atoms with Crippen LogP contribution in [-0.2, 0) is 11.8 Å². The van der Waals surface area contributed by atoms with Gasteiger partial charge in [-0.1, -0.05) is 18.2 Å². The summed E-state index contributed by atoms with van der Waals surface area (Å²) >= 11 is 0. The first-order chi connectivity index (χ1) is 10.1. The van der Waals surface area contributed by atoms with E-state index in [-0.39, 0.29) is 23.7 Å². The van der Waals surface area contributed by atoms with E-state index in [4.69, 9.17) is 0 Å². The van der Waals surface area contributed by atoms with E-state index >= 15 is 0 Å². The number of amides is 2. The van der Waals surface area contributed by atoms with E-state index in [1.54, 1.807) is 9.58 Å². The Morgan fingerprint density at radius 2 is 2.14 bits per heavy atom. The number of nitrogens with one attached hydrogen (secondary N) is 1. The normalized spacial score (nSPS) is 24.4. The summed E-state index contributed by atoms with van der Waals surface area (Å²) in [4.78, 5) is 26.2. The monoisotopic (exact) mass is 284 g/mol. The second kappa shape index (κ2) is 4.31. The molecule has 1 aromatic carbocycles. The van der Waals surface area contributed by atoms with Crippen molar-refractivity contribution in [2.45, 2.75) is 0 Å². The van der Waals surface area contributed by atoms with Gasteiger partial charge in [0.05, 0.1) is 11.4 Å². The number of hydrogen-bond donors (Lipinski definition) is 1. The van der Waals surface area contributed by atoms with Crippen LogP contribution in [0, 0.1) is 11.8 Å². The number of benzene rings is 1. The first-order valence-electron chi connectivity index (χ1n) is 7.14. The van der Waals surface area contributed by atoms with E-state index in [1.165, 1.54) is 0 Å². The molecule has 6 nitrogen and oxygen atoms in total. The van der Waals surface area contributed by atoms with Crippen molar-refractivity contribution in [3.8, 4) is 0 Å². The molecule has 2 atom stereocenters. The zero-order valence-electron chi connectivity index (χ0n) is 11.7. The maximum absolute atomic E-state index is 12.7. The standard InChI is InChI=1S/C15H16N4O2/c1-18-12-5-3-2-4-10(12)13(17-18)15(21)19-7-9-6-16-14(20)11(9)8-19/h2-5,9,11H,6-8H2,1H3,(H,16,20)/t9-,11+/m0/s1. The van der Waals surface area contributed by atoms with Crippen molar-refractivity contribution in [2.75, 3.05) is 19.6 Å². The van der Waals surface area contributed by atoms with Crippen LogP contribution in [0.15, 0.2) is 24.3 Å². The molecule has 2 fully saturated rings. The highest BCUT2D eigenvalue weighted by Crippen LogP contribution is 2.29. The first kappa shape index (κ1) is 12.4. The second-order valence-electron chi connectivity index (χ2n) is 5.81. The van der Waals surface area contributed by atoms with E-state index in [1.807, 2.05) is 31.3 Å². The molecule has 21 heavy (non-hydrogen) atoms. The summed E-state index contributed by atoms with van der Waals surface area (Å²) in [5.74, 6) is 0.190. The van der Waals surface area contributed by atoms with Gasteiger partial charge < -0.3 is 10.2 Å². The van der Waals surface area contributed by atoms with Gasteiger partial charge in [-0.25, -0.2) is 0 Å². The SMILES string of the molecule is Cn1nc(C(=O)N2C[C@@H]3CNC(=O)[C@@H]3C2)c2ccccc21. The fraction of sp³-hybridized carbons (Fsp3) is 0.400. The maximum Gasteiger partial charge on any atom is 0.275 e. The number of likely N-dealkylation sites (tertiary alicyclic amines) is 1. The molecule has 0 bridgehead atoms. The van der Waals surface area contributed by atoms with Crippen LogP contribution in [0.1, 0.15) is 10.5 Å². The van der Waals surface area contributed by atoms with Gasteiger partial charge in [-0.05, 0) is 6.07 Å². The Hall–Kier alpha value is -2.37. The van der Waals surface area contributed by atoms with Crippen LogP contribution < -0.4 is 5.32 Å². The van der Waals surface area contributed by atoms with Gasteiger partial charge in [0, 0.05) is 38.0 Å². The Labute approximate surface area is 121 Å². The summed E-state index contributed by atoms with van der Waals surface area (Å²) in [5.41, 5.74) is 1.42. The summed E-state index contributed by atoms with van der Waals surface area (Å²) in [6, 6.07) is 7.71. The quantitative estimate of drug-likeness (QED) is 0.824. The Balaban J connectivity index is 1.67. The third-order valence-electron chi connectivity index (χ3n) is 4.56. The lowest BCUT2D eigenvalue weighted by Crippen LogP contribution is -2.33. The number of nitrogens with zero attached hydrogens (tertiary/aromatic N) is 3. The molecule has 1 N–H and O–H groups in total. The van der Waals surface area contributed by atoms with Crippen molar-refractivity contribution in [3.05, 3.63) is 30.0 Å². The van der Waals surface area contributed by atoms with Gasteiger partial charge in [0.15, 0.2) is 5.69 Å². The van der Waals surface area contributed by atoms with Crippen molar-refractivity contribution in [1.29, 1.82) is 0 Å². The summed E-state index contributed by atoms with van der Waals surface area (Å²) in [6.07, 6.45) is 0. The molecule has 0 radical (unpaired) electrons. The summed E-state index contributed by atoms with van der Waals surface area (Å²) in [7, 11) is 1.84. The molecule has 2 aliphatic heterocycles. The van der Waals surface area contributed by atoms with Crippen molar-refractivity contribution in [2.24, 2.45) is 18.9 Å². The third kappa shape index (κ3) is 1.75. The summed E-state index contributed by atoms with van der Waals surface area (Å²) in [6.45, 7) is 1.81. The molecule has 2 amide bonds. The Bertz CT molecular complexity index is 751. The maximum atomic E-state index is 12.7. The molecular weight excluding hydrogens is 268 g/mol. The van der Waals surface area contributed by atoms with Crippen LogP contribution in [0.5, 0.6) is 0 Å². The highest BCUT2D eigenvalue weighted by atomic mass is 16.2. The first-order valence-corrected chi connectivity index (χ1v) is 7.14. The van der Waals surface area contributed by atoms with Gasteiger partial charge in [0.2, 0.25) is 5.91 Å². The van der Waals surface area contributed by atoms with E-state index < -0.39 is 0 Å². The second-order valence-corrected chi connectivity index (χ2v) is 5.81.